The van der Waals surface area contributed by atoms with Gasteiger partial charge in [0.15, 0.2) is 11.5 Å². The molecule has 0 amide bonds. The highest BCUT2D eigenvalue weighted by Crippen LogP contribution is 2.24. The van der Waals surface area contributed by atoms with Crippen molar-refractivity contribution in [2.45, 2.75) is 20.4 Å². The van der Waals surface area contributed by atoms with Crippen LogP contribution in [0.4, 0.5) is 5.95 Å². The summed E-state index contributed by atoms with van der Waals surface area (Å²) in [5, 5.41) is 17.5. The normalized spacial score (nSPS) is 14.6. The predicted octanol–water partition coefficient (Wildman–Crippen LogP) is 1.22. The summed E-state index contributed by atoms with van der Waals surface area (Å²) in [7, 11) is 0. The van der Waals surface area contributed by atoms with Crippen LogP contribution in [-0.4, -0.2) is 47.2 Å². The summed E-state index contributed by atoms with van der Waals surface area (Å²) in [6.45, 7) is 6.11. The van der Waals surface area contributed by atoms with Gasteiger partial charge in [-0.1, -0.05) is 6.07 Å². The Morgan fingerprint density at radius 2 is 1.93 bits per heavy atom. The lowest BCUT2D eigenvalue weighted by Gasteiger charge is -2.39. The monoisotopic (exact) mass is 376 g/mol. The number of aromatic nitrogens is 7. The van der Waals surface area contributed by atoms with Crippen molar-refractivity contribution in [1.29, 1.82) is 0 Å². The van der Waals surface area contributed by atoms with Crippen LogP contribution in [0, 0.1) is 19.8 Å². The number of hydrogen-bond acceptors (Lipinski definition) is 6. The second kappa shape index (κ2) is 6.29. The van der Waals surface area contributed by atoms with Crippen molar-refractivity contribution in [3.8, 4) is 5.82 Å². The Balaban J connectivity index is 1.33. The zero-order valence-electron chi connectivity index (χ0n) is 15.7. The first kappa shape index (κ1) is 16.7. The number of nitrogens with zero attached hydrogens (tertiary/aromatic N) is 8. The number of pyridine rings is 1. The predicted molar refractivity (Wildman–Crippen MR) is 104 cm³/mol. The van der Waals surface area contributed by atoms with Gasteiger partial charge in [0.25, 0.3) is 5.56 Å². The van der Waals surface area contributed by atoms with Crippen LogP contribution in [0.2, 0.25) is 0 Å². The fourth-order valence-corrected chi connectivity index (χ4v) is 3.68. The van der Waals surface area contributed by atoms with Gasteiger partial charge in [-0.25, -0.2) is 9.36 Å². The van der Waals surface area contributed by atoms with Crippen molar-refractivity contribution in [3.63, 3.8) is 0 Å². The summed E-state index contributed by atoms with van der Waals surface area (Å²) in [4.78, 5) is 14.5. The molecule has 1 aliphatic rings. The largest absolute Gasteiger partial charge is 0.340 e. The van der Waals surface area contributed by atoms with E-state index in [9.17, 15) is 4.79 Å². The third-order valence-corrected chi connectivity index (χ3v) is 5.05. The van der Waals surface area contributed by atoms with Gasteiger partial charge < -0.3 is 4.90 Å². The van der Waals surface area contributed by atoms with Crippen LogP contribution in [0.1, 0.15) is 11.4 Å². The van der Waals surface area contributed by atoms with E-state index in [4.69, 9.17) is 0 Å². The topological polar surface area (TPSA) is 86.1 Å². The first-order chi connectivity index (χ1) is 13.6. The molecule has 9 nitrogen and oxygen atoms in total. The molecule has 9 heteroatoms. The van der Waals surface area contributed by atoms with Gasteiger partial charge in [0.05, 0.1) is 12.2 Å². The fraction of sp³-hybridized carbons (Fsp3) is 0.316. The zero-order chi connectivity index (χ0) is 19.3. The van der Waals surface area contributed by atoms with Gasteiger partial charge in [-0.05, 0) is 38.1 Å². The summed E-state index contributed by atoms with van der Waals surface area (Å²) in [5.41, 5.74) is 2.64. The molecule has 142 valence electrons. The maximum absolute atomic E-state index is 12.3. The van der Waals surface area contributed by atoms with Crippen molar-refractivity contribution < 1.29 is 0 Å². The molecule has 0 N–H and O–H groups in total. The Hall–Kier alpha value is -3.49. The molecule has 1 aliphatic heterocycles. The molecule has 4 aromatic heterocycles. The molecular weight excluding hydrogens is 356 g/mol. The number of anilines is 1. The Kier molecular flexibility index (Phi) is 3.75. The average Bonchev–Trinajstić information content (AvgIpc) is 3.22. The van der Waals surface area contributed by atoms with Crippen molar-refractivity contribution >= 4 is 11.6 Å². The highest BCUT2D eigenvalue weighted by atomic mass is 16.1. The highest BCUT2D eigenvalue weighted by molar-refractivity contribution is 5.47. The molecule has 0 unspecified atom stereocenters. The van der Waals surface area contributed by atoms with Crippen LogP contribution in [0.25, 0.3) is 11.5 Å². The first-order valence-corrected chi connectivity index (χ1v) is 9.25. The second-order valence-corrected chi connectivity index (χ2v) is 7.25. The first-order valence-electron chi connectivity index (χ1n) is 9.25. The quantitative estimate of drug-likeness (QED) is 0.532. The van der Waals surface area contributed by atoms with E-state index < -0.39 is 0 Å². The maximum atomic E-state index is 12.3. The number of aryl methyl sites for hydroxylation is 2. The van der Waals surface area contributed by atoms with Crippen molar-refractivity contribution in [1.82, 2.24) is 34.2 Å². The Labute approximate surface area is 160 Å². The van der Waals surface area contributed by atoms with Gasteiger partial charge in [-0.2, -0.15) is 5.10 Å². The molecule has 28 heavy (non-hydrogen) atoms. The molecular formula is C19H20N8O. The summed E-state index contributed by atoms with van der Waals surface area (Å²) in [6.07, 6.45) is 1.96. The smallest absolute Gasteiger partial charge is 0.266 e. The third kappa shape index (κ3) is 2.75. The van der Waals surface area contributed by atoms with Gasteiger partial charge in [0, 0.05) is 37.0 Å². The van der Waals surface area contributed by atoms with Crippen LogP contribution < -0.4 is 10.5 Å². The average molecular weight is 376 g/mol. The highest BCUT2D eigenvalue weighted by Gasteiger charge is 2.30. The second-order valence-electron chi connectivity index (χ2n) is 7.25. The molecule has 1 saturated heterocycles. The Morgan fingerprint density at radius 3 is 2.71 bits per heavy atom. The lowest BCUT2D eigenvalue weighted by Crippen LogP contribution is -2.50. The lowest BCUT2D eigenvalue weighted by molar-refractivity contribution is 0.329. The Bertz CT molecular complexity index is 1210. The minimum absolute atomic E-state index is 0.100. The lowest BCUT2D eigenvalue weighted by atomic mass is 10.0. The number of rotatable bonds is 4. The van der Waals surface area contributed by atoms with Crippen LogP contribution >= 0.6 is 0 Å². The number of fused-ring (bicyclic) bond motifs is 1. The zero-order valence-corrected chi connectivity index (χ0v) is 15.7. The molecule has 4 aromatic rings. The van der Waals surface area contributed by atoms with Crippen molar-refractivity contribution in [3.05, 3.63) is 64.3 Å². The van der Waals surface area contributed by atoms with E-state index in [0.29, 0.717) is 18.3 Å². The van der Waals surface area contributed by atoms with Gasteiger partial charge in [0.1, 0.15) is 0 Å². The molecule has 5 rings (SSSR count). The molecule has 0 aliphatic carbocycles. The van der Waals surface area contributed by atoms with Crippen LogP contribution in [-0.2, 0) is 6.54 Å². The molecule has 1 fully saturated rings. The van der Waals surface area contributed by atoms with Crippen LogP contribution in [0.5, 0.6) is 0 Å². The van der Waals surface area contributed by atoms with Crippen molar-refractivity contribution in [2.24, 2.45) is 5.92 Å². The maximum Gasteiger partial charge on any atom is 0.266 e. The fourth-order valence-electron chi connectivity index (χ4n) is 3.68. The van der Waals surface area contributed by atoms with E-state index in [1.165, 1.54) is 4.68 Å². The molecule has 0 spiro atoms. The van der Waals surface area contributed by atoms with Crippen molar-refractivity contribution in [2.75, 3.05) is 18.0 Å². The third-order valence-electron chi connectivity index (χ3n) is 5.05. The van der Waals surface area contributed by atoms with E-state index in [1.807, 2.05) is 48.7 Å². The summed E-state index contributed by atoms with van der Waals surface area (Å²) < 4.78 is 5.28. The number of hydrogen-bond donors (Lipinski definition) is 0. The van der Waals surface area contributed by atoms with Gasteiger partial charge in [0.2, 0.25) is 5.95 Å². The summed E-state index contributed by atoms with van der Waals surface area (Å²) in [5.74, 6) is 1.82. The minimum Gasteiger partial charge on any atom is -0.340 e. The van der Waals surface area contributed by atoms with Gasteiger partial charge in [-0.3, -0.25) is 9.20 Å². The van der Waals surface area contributed by atoms with E-state index in [-0.39, 0.29) is 5.56 Å². The van der Waals surface area contributed by atoms with E-state index in [2.05, 4.69) is 25.3 Å². The summed E-state index contributed by atoms with van der Waals surface area (Å²) >= 11 is 0. The molecule has 5 heterocycles. The standard InChI is InChI=1S/C19H20N8O/c1-13-9-14(2)27(22-13)17-6-7-18(28)26(23-17)12-15-10-24(11-15)19-21-20-16-5-3-4-8-25(16)19/h3-9,15H,10-12H2,1-2H3. The minimum atomic E-state index is -0.100. The molecule has 0 aromatic carbocycles. The molecule has 0 saturated carbocycles. The molecule has 0 atom stereocenters. The van der Waals surface area contributed by atoms with E-state index in [0.717, 1.165) is 36.1 Å². The van der Waals surface area contributed by atoms with E-state index >= 15 is 0 Å². The van der Waals surface area contributed by atoms with Gasteiger partial charge in [-0.15, -0.1) is 15.3 Å². The summed E-state index contributed by atoms with van der Waals surface area (Å²) in [6, 6.07) is 11.1. The van der Waals surface area contributed by atoms with Crippen LogP contribution in [0.3, 0.4) is 0 Å². The molecule has 0 bridgehead atoms. The Morgan fingerprint density at radius 1 is 1.07 bits per heavy atom. The molecule has 0 radical (unpaired) electrons. The van der Waals surface area contributed by atoms with Crippen LogP contribution in [0.15, 0.2) is 47.4 Å². The SMILES string of the molecule is Cc1cc(C)n(-c2ccc(=O)n(CC3CN(c4nnc5ccccn45)C3)n2)n1. The van der Waals surface area contributed by atoms with E-state index in [1.54, 1.807) is 16.8 Å². The van der Waals surface area contributed by atoms with Gasteiger partial charge >= 0.3 is 0 Å².